The fourth-order valence-corrected chi connectivity index (χ4v) is 4.05. The van der Waals surface area contributed by atoms with Gasteiger partial charge in [0.05, 0.1) is 11.4 Å². The van der Waals surface area contributed by atoms with E-state index in [2.05, 4.69) is 41.5 Å². The van der Waals surface area contributed by atoms with Gasteiger partial charge in [0.15, 0.2) is 10.9 Å². The van der Waals surface area contributed by atoms with E-state index in [4.69, 9.17) is 11.6 Å². The predicted molar refractivity (Wildman–Crippen MR) is 123 cm³/mol. The van der Waals surface area contributed by atoms with Gasteiger partial charge in [0.1, 0.15) is 0 Å². The molecule has 4 aromatic rings. The number of thioether (sulfide) groups is 1. The molecule has 0 aliphatic heterocycles. The molecule has 0 unspecified atom stereocenters. The Bertz CT molecular complexity index is 1190. The number of hydrogen-bond acceptors (Lipinski definition) is 6. The Balaban J connectivity index is 1.60. The molecule has 10 heteroatoms. The predicted octanol–water partition coefficient (Wildman–Crippen LogP) is 4.70. The fraction of sp³-hybridized carbons (Fsp3) is 0.0952. The maximum Gasteiger partial charge on any atom is 0.274 e. The second kappa shape index (κ2) is 10.0. The maximum atomic E-state index is 12.9. The Morgan fingerprint density at radius 3 is 2.55 bits per heavy atom. The van der Waals surface area contributed by atoms with Gasteiger partial charge in [-0.1, -0.05) is 62.7 Å². The Morgan fingerprint density at radius 2 is 1.81 bits per heavy atom. The van der Waals surface area contributed by atoms with Gasteiger partial charge >= 0.3 is 0 Å². The summed E-state index contributed by atoms with van der Waals surface area (Å²) in [6, 6.07) is 16.7. The van der Waals surface area contributed by atoms with E-state index in [9.17, 15) is 4.79 Å². The lowest BCUT2D eigenvalue weighted by molar-refractivity contribution is 0.0945. The maximum absolute atomic E-state index is 12.9. The summed E-state index contributed by atoms with van der Waals surface area (Å²) in [4.78, 5) is 21.4. The third kappa shape index (κ3) is 5.30. The molecule has 0 spiro atoms. The molecule has 2 heterocycles. The monoisotopic (exact) mass is 514 g/mol. The molecule has 0 aliphatic rings. The second-order valence-corrected chi connectivity index (χ2v) is 8.63. The van der Waals surface area contributed by atoms with E-state index < -0.39 is 0 Å². The third-order valence-corrected chi connectivity index (χ3v) is 6.11. The Kier molecular flexibility index (Phi) is 6.96. The molecule has 0 saturated carbocycles. The number of nitrogens with one attached hydrogen (secondary N) is 1. The van der Waals surface area contributed by atoms with E-state index in [-0.39, 0.29) is 18.1 Å². The molecule has 1 amide bonds. The smallest absolute Gasteiger partial charge is 0.274 e. The van der Waals surface area contributed by atoms with Crippen LogP contribution in [0.1, 0.15) is 21.7 Å². The third-order valence-electron chi connectivity index (χ3n) is 4.33. The summed E-state index contributed by atoms with van der Waals surface area (Å²) in [5, 5.41) is 12.5. The van der Waals surface area contributed by atoms with E-state index in [0.717, 1.165) is 15.7 Å². The van der Waals surface area contributed by atoms with Gasteiger partial charge in [0, 0.05) is 34.2 Å². The molecule has 0 radical (unpaired) electrons. The van der Waals surface area contributed by atoms with Crippen molar-refractivity contribution in [3.05, 3.63) is 93.4 Å². The van der Waals surface area contributed by atoms with Crippen LogP contribution in [0.2, 0.25) is 5.02 Å². The minimum absolute atomic E-state index is 0.249. The fourth-order valence-electron chi connectivity index (χ4n) is 2.79. The van der Waals surface area contributed by atoms with Crippen molar-refractivity contribution in [2.24, 2.45) is 0 Å². The topological polar surface area (TPSA) is 85.6 Å². The van der Waals surface area contributed by atoms with Gasteiger partial charge in [-0.3, -0.25) is 4.79 Å². The number of benzene rings is 2. The summed E-state index contributed by atoms with van der Waals surface area (Å²) in [5.74, 6) is 0.0925. The highest BCUT2D eigenvalue weighted by molar-refractivity contribution is 9.10. The first-order valence-corrected chi connectivity index (χ1v) is 11.4. The molecule has 4 rings (SSSR count). The molecule has 2 aromatic carbocycles. The van der Waals surface area contributed by atoms with Gasteiger partial charge in [-0.2, -0.15) is 0 Å². The van der Waals surface area contributed by atoms with Crippen LogP contribution in [0.3, 0.4) is 0 Å². The SMILES string of the molecule is O=C(NCc1ccccc1Cl)c1nnn(-c2ccc(Br)cc2)c1CSc1ncccn1. The molecule has 7 nitrogen and oxygen atoms in total. The van der Waals surface area contributed by atoms with Crippen molar-refractivity contribution in [2.75, 3.05) is 0 Å². The van der Waals surface area contributed by atoms with Crippen molar-refractivity contribution in [3.8, 4) is 5.69 Å². The van der Waals surface area contributed by atoms with E-state index in [1.54, 1.807) is 29.2 Å². The van der Waals surface area contributed by atoms with Crippen LogP contribution in [0.25, 0.3) is 5.69 Å². The lowest BCUT2D eigenvalue weighted by atomic mass is 10.2. The molecule has 31 heavy (non-hydrogen) atoms. The zero-order valence-electron chi connectivity index (χ0n) is 16.1. The quantitative estimate of drug-likeness (QED) is 0.284. The first-order valence-electron chi connectivity index (χ1n) is 9.24. The molecule has 156 valence electrons. The number of carbonyl (C=O) groups is 1. The Labute approximate surface area is 196 Å². The minimum atomic E-state index is -0.326. The summed E-state index contributed by atoms with van der Waals surface area (Å²) in [6.07, 6.45) is 3.35. The molecule has 1 N–H and O–H groups in total. The average molecular weight is 516 g/mol. The summed E-state index contributed by atoms with van der Waals surface area (Å²) in [5.41, 5.74) is 2.52. The first-order chi connectivity index (χ1) is 15.1. The highest BCUT2D eigenvalue weighted by Gasteiger charge is 2.21. The van der Waals surface area contributed by atoms with Crippen LogP contribution in [0.4, 0.5) is 0 Å². The number of amides is 1. The Morgan fingerprint density at radius 1 is 1.06 bits per heavy atom. The lowest BCUT2D eigenvalue weighted by Gasteiger charge is -2.09. The van der Waals surface area contributed by atoms with Gasteiger partial charge in [0.25, 0.3) is 5.91 Å². The molecule has 0 bridgehead atoms. The van der Waals surface area contributed by atoms with Crippen LogP contribution >= 0.6 is 39.3 Å². The van der Waals surface area contributed by atoms with Gasteiger partial charge in [0.2, 0.25) is 0 Å². The lowest BCUT2D eigenvalue weighted by Crippen LogP contribution is -2.24. The van der Waals surface area contributed by atoms with Crippen LogP contribution in [0, 0.1) is 0 Å². The summed E-state index contributed by atoms with van der Waals surface area (Å²) >= 11 is 11.0. The molecule has 0 aliphatic carbocycles. The van der Waals surface area contributed by atoms with Crippen molar-refractivity contribution in [2.45, 2.75) is 17.5 Å². The van der Waals surface area contributed by atoms with Crippen LogP contribution in [0.15, 0.2) is 76.6 Å². The molecule has 0 saturated heterocycles. The second-order valence-electron chi connectivity index (χ2n) is 6.37. The zero-order valence-corrected chi connectivity index (χ0v) is 19.2. The summed E-state index contributed by atoms with van der Waals surface area (Å²) in [7, 11) is 0. The number of hydrogen-bond donors (Lipinski definition) is 1. The van der Waals surface area contributed by atoms with Crippen LogP contribution in [0.5, 0.6) is 0 Å². The normalized spacial score (nSPS) is 10.8. The van der Waals surface area contributed by atoms with Gasteiger partial charge < -0.3 is 5.32 Å². The number of rotatable bonds is 7. The number of carbonyl (C=O) groups excluding carboxylic acids is 1. The first kappa shape index (κ1) is 21.5. The highest BCUT2D eigenvalue weighted by Crippen LogP contribution is 2.24. The Hall–Kier alpha value is -2.75. The molecular weight excluding hydrogens is 500 g/mol. The van der Waals surface area contributed by atoms with Gasteiger partial charge in [-0.15, -0.1) is 5.10 Å². The van der Waals surface area contributed by atoms with Gasteiger partial charge in [-0.25, -0.2) is 14.6 Å². The van der Waals surface area contributed by atoms with Crippen molar-refractivity contribution < 1.29 is 4.79 Å². The van der Waals surface area contributed by atoms with Crippen LogP contribution in [-0.4, -0.2) is 30.9 Å². The van der Waals surface area contributed by atoms with E-state index in [0.29, 0.717) is 21.6 Å². The van der Waals surface area contributed by atoms with Crippen molar-refractivity contribution >= 4 is 45.2 Å². The number of nitrogens with zero attached hydrogens (tertiary/aromatic N) is 5. The molecular formula is C21H16BrClN6OS. The van der Waals surface area contributed by atoms with Crippen molar-refractivity contribution in [1.82, 2.24) is 30.3 Å². The van der Waals surface area contributed by atoms with Crippen LogP contribution in [-0.2, 0) is 12.3 Å². The minimum Gasteiger partial charge on any atom is -0.346 e. The van der Waals surface area contributed by atoms with Crippen LogP contribution < -0.4 is 5.32 Å². The highest BCUT2D eigenvalue weighted by atomic mass is 79.9. The zero-order chi connectivity index (χ0) is 21.6. The standard InChI is InChI=1S/C21H16BrClN6OS/c22-15-6-8-16(9-7-15)29-18(13-31-21-24-10-3-11-25-21)19(27-28-29)20(30)26-12-14-4-1-2-5-17(14)23/h1-11H,12-13H2,(H,26,30). The number of halogens is 2. The van der Waals surface area contributed by atoms with Crippen molar-refractivity contribution in [1.29, 1.82) is 0 Å². The van der Waals surface area contributed by atoms with E-state index in [1.165, 1.54) is 11.8 Å². The summed E-state index contributed by atoms with van der Waals surface area (Å²) < 4.78 is 2.61. The average Bonchev–Trinajstić information content (AvgIpc) is 3.22. The molecule has 0 fully saturated rings. The van der Waals surface area contributed by atoms with E-state index in [1.807, 2.05) is 42.5 Å². The van der Waals surface area contributed by atoms with Gasteiger partial charge in [-0.05, 0) is 42.0 Å². The molecule has 2 aromatic heterocycles. The van der Waals surface area contributed by atoms with E-state index >= 15 is 0 Å². The summed E-state index contributed by atoms with van der Waals surface area (Å²) in [6.45, 7) is 0.290. The molecule has 0 atom stereocenters. The largest absolute Gasteiger partial charge is 0.346 e. The number of aromatic nitrogens is 5. The van der Waals surface area contributed by atoms with Crippen molar-refractivity contribution in [3.63, 3.8) is 0 Å².